The third-order valence-corrected chi connectivity index (χ3v) is 2.36. The average Bonchev–Trinajstić information content (AvgIpc) is 2.84. The molecule has 0 amide bonds. The zero-order valence-corrected chi connectivity index (χ0v) is 10.3. The lowest BCUT2D eigenvalue weighted by Gasteiger charge is -2.05. The first-order valence-corrected chi connectivity index (χ1v) is 5.58. The predicted molar refractivity (Wildman–Crippen MR) is 66.0 cm³/mol. The number of nitrogens with two attached hydrogens (primary N) is 1. The lowest BCUT2D eigenvalue weighted by Crippen LogP contribution is -1.94. The maximum atomic E-state index is 5.69. The number of benzene rings is 1. The van der Waals surface area contributed by atoms with E-state index in [4.69, 9.17) is 19.7 Å². The highest BCUT2D eigenvalue weighted by Crippen LogP contribution is 2.30. The SMILES string of the molecule is CCOCc1noc(-c2ccc(N)cc2OC)n1. The Labute approximate surface area is 105 Å². The normalized spacial score (nSPS) is 10.6. The number of nitrogens with zero attached hydrogens (tertiary/aromatic N) is 2. The van der Waals surface area contributed by atoms with Crippen LogP contribution in [0.1, 0.15) is 12.7 Å². The Morgan fingerprint density at radius 2 is 2.22 bits per heavy atom. The zero-order valence-electron chi connectivity index (χ0n) is 10.3. The predicted octanol–water partition coefficient (Wildman–Crippen LogP) is 1.86. The van der Waals surface area contributed by atoms with Gasteiger partial charge in [-0.2, -0.15) is 4.98 Å². The van der Waals surface area contributed by atoms with E-state index in [1.165, 1.54) is 0 Å². The van der Waals surface area contributed by atoms with Crippen molar-refractivity contribution in [3.05, 3.63) is 24.0 Å². The minimum absolute atomic E-state index is 0.331. The van der Waals surface area contributed by atoms with Crippen LogP contribution in [0.5, 0.6) is 5.75 Å². The first kappa shape index (κ1) is 12.4. The molecule has 1 heterocycles. The molecule has 1 aromatic carbocycles. The summed E-state index contributed by atoms with van der Waals surface area (Å²) in [5.74, 6) is 1.49. The smallest absolute Gasteiger partial charge is 0.261 e. The summed E-state index contributed by atoms with van der Waals surface area (Å²) in [6.45, 7) is 2.84. The maximum Gasteiger partial charge on any atom is 0.261 e. The second-order valence-electron chi connectivity index (χ2n) is 3.61. The monoisotopic (exact) mass is 249 g/mol. The van der Waals surface area contributed by atoms with Crippen molar-refractivity contribution in [2.45, 2.75) is 13.5 Å². The average molecular weight is 249 g/mol. The molecular weight excluding hydrogens is 234 g/mol. The highest BCUT2D eigenvalue weighted by atomic mass is 16.5. The van der Waals surface area contributed by atoms with Crippen molar-refractivity contribution in [2.75, 3.05) is 19.5 Å². The van der Waals surface area contributed by atoms with Crippen LogP contribution in [0.2, 0.25) is 0 Å². The van der Waals surface area contributed by atoms with Gasteiger partial charge < -0.3 is 19.7 Å². The fraction of sp³-hybridized carbons (Fsp3) is 0.333. The molecule has 0 aliphatic heterocycles. The largest absolute Gasteiger partial charge is 0.496 e. The fourth-order valence-electron chi connectivity index (χ4n) is 1.50. The molecule has 2 rings (SSSR count). The molecule has 96 valence electrons. The molecule has 0 bridgehead atoms. The molecule has 6 heteroatoms. The molecule has 0 radical (unpaired) electrons. The summed E-state index contributed by atoms with van der Waals surface area (Å²) in [5, 5.41) is 3.83. The van der Waals surface area contributed by atoms with Crippen LogP contribution < -0.4 is 10.5 Å². The molecular formula is C12H15N3O3. The van der Waals surface area contributed by atoms with Gasteiger partial charge in [0.2, 0.25) is 0 Å². The number of ether oxygens (including phenoxy) is 2. The number of methoxy groups -OCH3 is 1. The topological polar surface area (TPSA) is 83.4 Å². The van der Waals surface area contributed by atoms with Gasteiger partial charge >= 0.3 is 0 Å². The highest BCUT2D eigenvalue weighted by Gasteiger charge is 2.13. The van der Waals surface area contributed by atoms with Gasteiger partial charge in [-0.05, 0) is 19.1 Å². The summed E-state index contributed by atoms with van der Waals surface area (Å²) in [7, 11) is 1.57. The van der Waals surface area contributed by atoms with Gasteiger partial charge in [-0.1, -0.05) is 5.16 Å². The van der Waals surface area contributed by atoms with Crippen LogP contribution in [-0.2, 0) is 11.3 Å². The summed E-state index contributed by atoms with van der Waals surface area (Å²) in [6, 6.07) is 5.25. The molecule has 0 aliphatic carbocycles. The van der Waals surface area contributed by atoms with Crippen LogP contribution in [0.4, 0.5) is 5.69 Å². The van der Waals surface area contributed by atoms with Crippen molar-refractivity contribution in [2.24, 2.45) is 0 Å². The summed E-state index contributed by atoms with van der Waals surface area (Å²) < 4.78 is 15.6. The molecule has 1 aromatic heterocycles. The number of hydrogen-bond acceptors (Lipinski definition) is 6. The van der Waals surface area contributed by atoms with Gasteiger partial charge in [0, 0.05) is 18.4 Å². The first-order chi connectivity index (χ1) is 8.74. The summed E-state index contributed by atoms with van der Waals surface area (Å²) in [6.07, 6.45) is 0. The summed E-state index contributed by atoms with van der Waals surface area (Å²) in [5.41, 5.74) is 7.01. The minimum Gasteiger partial charge on any atom is -0.496 e. The van der Waals surface area contributed by atoms with Crippen molar-refractivity contribution >= 4 is 5.69 Å². The Morgan fingerprint density at radius 1 is 1.39 bits per heavy atom. The van der Waals surface area contributed by atoms with Crippen LogP contribution in [0.15, 0.2) is 22.7 Å². The lowest BCUT2D eigenvalue weighted by atomic mass is 10.2. The Balaban J connectivity index is 2.28. The van der Waals surface area contributed by atoms with Crippen LogP contribution in [0.3, 0.4) is 0 Å². The molecule has 0 spiro atoms. The van der Waals surface area contributed by atoms with Gasteiger partial charge in [0.15, 0.2) is 5.82 Å². The van der Waals surface area contributed by atoms with Crippen molar-refractivity contribution in [3.63, 3.8) is 0 Å². The Hall–Kier alpha value is -2.08. The van der Waals surface area contributed by atoms with Gasteiger partial charge in [-0.25, -0.2) is 0 Å². The Morgan fingerprint density at radius 3 is 2.94 bits per heavy atom. The molecule has 6 nitrogen and oxygen atoms in total. The third kappa shape index (κ3) is 2.60. The Bertz CT molecular complexity index is 525. The minimum atomic E-state index is 0.331. The van der Waals surface area contributed by atoms with E-state index in [0.717, 1.165) is 0 Å². The van der Waals surface area contributed by atoms with Crippen molar-refractivity contribution in [1.29, 1.82) is 0 Å². The molecule has 0 saturated carbocycles. The van der Waals surface area contributed by atoms with E-state index in [1.807, 2.05) is 6.92 Å². The molecule has 0 fully saturated rings. The van der Waals surface area contributed by atoms with Gasteiger partial charge in [0.1, 0.15) is 12.4 Å². The van der Waals surface area contributed by atoms with Crippen LogP contribution >= 0.6 is 0 Å². The van der Waals surface area contributed by atoms with Crippen LogP contribution in [0, 0.1) is 0 Å². The fourth-order valence-corrected chi connectivity index (χ4v) is 1.50. The third-order valence-electron chi connectivity index (χ3n) is 2.36. The second-order valence-corrected chi connectivity index (χ2v) is 3.61. The van der Waals surface area contributed by atoms with E-state index in [-0.39, 0.29) is 0 Å². The van der Waals surface area contributed by atoms with E-state index in [0.29, 0.717) is 41.9 Å². The summed E-state index contributed by atoms with van der Waals surface area (Å²) in [4.78, 5) is 4.23. The number of anilines is 1. The molecule has 0 atom stereocenters. The number of nitrogen functional groups attached to an aromatic ring is 1. The Kier molecular flexibility index (Phi) is 3.78. The lowest BCUT2D eigenvalue weighted by molar-refractivity contribution is 0.126. The standard InChI is InChI=1S/C12H15N3O3/c1-3-17-7-11-14-12(18-15-11)9-5-4-8(13)6-10(9)16-2/h4-6H,3,7,13H2,1-2H3. The molecule has 0 unspecified atom stereocenters. The first-order valence-electron chi connectivity index (χ1n) is 5.58. The van der Waals surface area contributed by atoms with E-state index < -0.39 is 0 Å². The zero-order chi connectivity index (χ0) is 13.0. The highest BCUT2D eigenvalue weighted by molar-refractivity contribution is 5.66. The molecule has 2 aromatic rings. The van der Waals surface area contributed by atoms with Crippen LogP contribution in [-0.4, -0.2) is 23.9 Å². The van der Waals surface area contributed by atoms with Gasteiger partial charge in [-0.15, -0.1) is 0 Å². The maximum absolute atomic E-state index is 5.69. The van der Waals surface area contributed by atoms with Gasteiger partial charge in [-0.3, -0.25) is 0 Å². The van der Waals surface area contributed by atoms with E-state index in [1.54, 1.807) is 25.3 Å². The van der Waals surface area contributed by atoms with E-state index in [2.05, 4.69) is 10.1 Å². The van der Waals surface area contributed by atoms with Crippen LogP contribution in [0.25, 0.3) is 11.5 Å². The molecule has 18 heavy (non-hydrogen) atoms. The van der Waals surface area contributed by atoms with Crippen molar-refractivity contribution in [3.8, 4) is 17.2 Å². The number of rotatable bonds is 5. The second kappa shape index (κ2) is 5.50. The van der Waals surface area contributed by atoms with Crippen molar-refractivity contribution < 1.29 is 14.0 Å². The number of aromatic nitrogens is 2. The molecule has 0 saturated heterocycles. The summed E-state index contributed by atoms with van der Waals surface area (Å²) >= 11 is 0. The van der Waals surface area contributed by atoms with Gasteiger partial charge in [0.05, 0.1) is 12.7 Å². The molecule has 0 aliphatic rings. The number of hydrogen-bond donors (Lipinski definition) is 1. The van der Waals surface area contributed by atoms with E-state index in [9.17, 15) is 0 Å². The van der Waals surface area contributed by atoms with Gasteiger partial charge in [0.25, 0.3) is 5.89 Å². The van der Waals surface area contributed by atoms with E-state index >= 15 is 0 Å². The quantitative estimate of drug-likeness (QED) is 0.814. The molecule has 2 N–H and O–H groups in total. The van der Waals surface area contributed by atoms with Crippen molar-refractivity contribution in [1.82, 2.24) is 10.1 Å².